The molecule has 0 atom stereocenters. The second kappa shape index (κ2) is 5.29. The number of nitrogens with zero attached hydrogens (tertiary/aromatic N) is 1. The summed E-state index contributed by atoms with van der Waals surface area (Å²) in [4.78, 5) is 11.0. The van der Waals surface area contributed by atoms with Crippen molar-refractivity contribution in [3.05, 3.63) is 24.3 Å². The Morgan fingerprint density at radius 1 is 1.29 bits per heavy atom. The first-order chi connectivity index (χ1) is 7.80. The number of hydrogen-bond acceptors (Lipinski definition) is 5. The van der Waals surface area contributed by atoms with Crippen molar-refractivity contribution in [1.82, 2.24) is 0 Å². The van der Waals surface area contributed by atoms with Gasteiger partial charge in [0.15, 0.2) is 20.8 Å². The zero-order valence-corrected chi connectivity index (χ0v) is 10.8. The highest BCUT2D eigenvalue weighted by Crippen LogP contribution is 2.13. The van der Waals surface area contributed by atoms with Gasteiger partial charge in [-0.2, -0.15) is 5.10 Å². The van der Waals surface area contributed by atoms with Gasteiger partial charge in [-0.25, -0.2) is 8.42 Å². The van der Waals surface area contributed by atoms with Crippen LogP contribution >= 0.6 is 11.6 Å². The van der Waals surface area contributed by atoms with Crippen molar-refractivity contribution >= 4 is 38.1 Å². The van der Waals surface area contributed by atoms with Crippen molar-refractivity contribution in [2.45, 2.75) is 11.8 Å². The van der Waals surface area contributed by atoms with Gasteiger partial charge in [0.05, 0.1) is 10.6 Å². The number of nitrogens with one attached hydrogen (secondary N) is 1. The predicted molar refractivity (Wildman–Crippen MR) is 67.1 cm³/mol. The van der Waals surface area contributed by atoms with E-state index in [0.717, 1.165) is 6.26 Å². The number of anilines is 1. The Bertz CT molecular complexity index is 549. The lowest BCUT2D eigenvalue weighted by Gasteiger charge is -2.02. The van der Waals surface area contributed by atoms with Gasteiger partial charge < -0.3 is 0 Å². The first kappa shape index (κ1) is 13.7. The lowest BCUT2D eigenvalue weighted by atomic mass is 10.3. The third kappa shape index (κ3) is 4.16. The number of Topliss-reactive ketones (excluding diaryl/α,β-unsaturated/α-hetero) is 1. The van der Waals surface area contributed by atoms with Crippen LogP contribution in [0.1, 0.15) is 6.92 Å². The number of hydrogen-bond donors (Lipinski definition) is 1. The van der Waals surface area contributed by atoms with Crippen LogP contribution in [0.4, 0.5) is 5.69 Å². The quantitative estimate of drug-likeness (QED) is 0.669. The largest absolute Gasteiger partial charge is 0.292 e. The molecule has 0 aliphatic heterocycles. The van der Waals surface area contributed by atoms with Crippen molar-refractivity contribution < 1.29 is 13.2 Å². The molecule has 0 radical (unpaired) electrons. The molecular weight excluding hydrogens is 264 g/mol. The minimum absolute atomic E-state index is 0.169. The normalized spacial score (nSPS) is 12.3. The average molecular weight is 275 g/mol. The molecule has 0 unspecified atom stereocenters. The number of carbonyl (C=O) groups excluding carboxylic acids is 1. The Kier molecular flexibility index (Phi) is 4.25. The topological polar surface area (TPSA) is 75.6 Å². The van der Waals surface area contributed by atoms with Crippen LogP contribution in [0.3, 0.4) is 0 Å². The average Bonchev–Trinajstić information content (AvgIpc) is 2.25. The molecule has 0 amide bonds. The Balaban J connectivity index is 2.83. The van der Waals surface area contributed by atoms with Crippen molar-refractivity contribution in [2.75, 3.05) is 11.7 Å². The van der Waals surface area contributed by atoms with E-state index in [9.17, 15) is 13.2 Å². The van der Waals surface area contributed by atoms with E-state index in [-0.39, 0.29) is 15.8 Å². The van der Waals surface area contributed by atoms with Crippen LogP contribution in [0, 0.1) is 0 Å². The first-order valence-corrected chi connectivity index (χ1v) is 6.88. The summed E-state index contributed by atoms with van der Waals surface area (Å²) in [6.45, 7) is 1.29. The summed E-state index contributed by atoms with van der Waals surface area (Å²) in [5.74, 6) is -0.355. The fraction of sp³-hybridized carbons (Fsp3) is 0.200. The van der Waals surface area contributed by atoms with Gasteiger partial charge in [-0.1, -0.05) is 11.6 Å². The third-order valence-corrected chi connectivity index (χ3v) is 3.34. The molecule has 17 heavy (non-hydrogen) atoms. The second-order valence-corrected chi connectivity index (χ2v) is 5.74. The maximum absolute atomic E-state index is 11.2. The molecule has 1 N–H and O–H groups in total. The van der Waals surface area contributed by atoms with E-state index in [1.54, 1.807) is 0 Å². The molecular formula is C10H11ClN2O3S. The fourth-order valence-electron chi connectivity index (χ4n) is 0.969. The van der Waals surface area contributed by atoms with Crippen LogP contribution in [0.15, 0.2) is 34.3 Å². The number of benzene rings is 1. The lowest BCUT2D eigenvalue weighted by molar-refractivity contribution is -0.110. The van der Waals surface area contributed by atoms with Crippen LogP contribution in [-0.2, 0) is 14.6 Å². The van der Waals surface area contributed by atoms with E-state index < -0.39 is 9.84 Å². The van der Waals surface area contributed by atoms with Gasteiger partial charge in [0, 0.05) is 13.2 Å². The molecule has 0 saturated heterocycles. The van der Waals surface area contributed by atoms with Gasteiger partial charge in [0.25, 0.3) is 0 Å². The Labute approximate surface area is 104 Å². The number of ketones is 1. The molecule has 1 aromatic carbocycles. The minimum Gasteiger partial charge on any atom is -0.292 e. The van der Waals surface area contributed by atoms with Crippen molar-refractivity contribution in [1.29, 1.82) is 0 Å². The van der Waals surface area contributed by atoms with E-state index in [1.807, 2.05) is 0 Å². The van der Waals surface area contributed by atoms with Gasteiger partial charge >= 0.3 is 0 Å². The maximum Gasteiger partial charge on any atom is 0.191 e. The van der Waals surface area contributed by atoms with Gasteiger partial charge in [-0.3, -0.25) is 10.2 Å². The van der Waals surface area contributed by atoms with Gasteiger partial charge in [0.1, 0.15) is 0 Å². The predicted octanol–water partition coefficient (Wildman–Crippen LogP) is 1.64. The molecule has 0 aliphatic rings. The molecule has 0 aromatic heterocycles. The van der Waals surface area contributed by atoms with Crippen LogP contribution in [0.2, 0.25) is 0 Å². The summed E-state index contributed by atoms with van der Waals surface area (Å²) in [7, 11) is -3.21. The summed E-state index contributed by atoms with van der Waals surface area (Å²) in [6, 6.07) is 5.94. The maximum atomic E-state index is 11.2. The third-order valence-electron chi connectivity index (χ3n) is 1.86. The van der Waals surface area contributed by atoms with E-state index in [0.29, 0.717) is 5.69 Å². The minimum atomic E-state index is -3.21. The Morgan fingerprint density at radius 3 is 2.24 bits per heavy atom. The van der Waals surface area contributed by atoms with Gasteiger partial charge in [-0.05, 0) is 24.3 Å². The zero-order chi connectivity index (χ0) is 13.1. The summed E-state index contributed by atoms with van der Waals surface area (Å²) in [6.07, 6.45) is 1.13. The molecule has 0 aliphatic carbocycles. The zero-order valence-electron chi connectivity index (χ0n) is 9.27. The molecule has 5 nitrogen and oxygen atoms in total. The number of rotatable bonds is 4. The molecule has 92 valence electrons. The van der Waals surface area contributed by atoms with E-state index in [4.69, 9.17) is 11.6 Å². The van der Waals surface area contributed by atoms with Crippen molar-refractivity contribution in [2.24, 2.45) is 5.10 Å². The fourth-order valence-corrected chi connectivity index (χ4v) is 1.64. The van der Waals surface area contributed by atoms with Crippen molar-refractivity contribution in [3.8, 4) is 0 Å². The van der Waals surface area contributed by atoms with Crippen LogP contribution in [0.5, 0.6) is 0 Å². The van der Waals surface area contributed by atoms with Gasteiger partial charge in [0.2, 0.25) is 0 Å². The summed E-state index contributed by atoms with van der Waals surface area (Å²) >= 11 is 5.51. The number of sulfone groups is 1. The van der Waals surface area contributed by atoms with E-state index >= 15 is 0 Å². The number of carbonyl (C=O) groups is 1. The summed E-state index contributed by atoms with van der Waals surface area (Å²) < 4.78 is 22.4. The van der Waals surface area contributed by atoms with Crippen molar-refractivity contribution in [3.63, 3.8) is 0 Å². The van der Waals surface area contributed by atoms with E-state index in [1.165, 1.54) is 31.2 Å². The van der Waals surface area contributed by atoms with Crippen LogP contribution in [0.25, 0.3) is 0 Å². The first-order valence-electron chi connectivity index (χ1n) is 4.61. The molecule has 7 heteroatoms. The Morgan fingerprint density at radius 2 is 1.82 bits per heavy atom. The molecule has 0 bridgehead atoms. The lowest BCUT2D eigenvalue weighted by Crippen LogP contribution is -2.04. The highest BCUT2D eigenvalue weighted by molar-refractivity contribution is 7.90. The SMILES string of the molecule is CC(=O)/C(Cl)=N\Nc1ccc(S(C)(=O)=O)cc1. The standard InChI is InChI=1S/C10H11ClN2O3S/c1-7(14)10(11)13-12-8-3-5-9(6-4-8)17(2,15)16/h3-6,12H,1-2H3/b13-10+. The number of hydrazone groups is 1. The molecule has 0 saturated carbocycles. The highest BCUT2D eigenvalue weighted by Gasteiger charge is 2.06. The number of halogens is 1. The second-order valence-electron chi connectivity index (χ2n) is 3.37. The Hall–Kier alpha value is -1.40. The molecule has 1 rings (SSSR count). The highest BCUT2D eigenvalue weighted by atomic mass is 35.5. The smallest absolute Gasteiger partial charge is 0.191 e. The monoisotopic (exact) mass is 274 g/mol. The molecule has 0 heterocycles. The summed E-state index contributed by atoms with van der Waals surface area (Å²) in [5.41, 5.74) is 3.08. The molecule has 0 fully saturated rings. The van der Waals surface area contributed by atoms with Crippen LogP contribution < -0.4 is 5.43 Å². The van der Waals surface area contributed by atoms with Gasteiger partial charge in [-0.15, -0.1) is 0 Å². The van der Waals surface area contributed by atoms with E-state index in [2.05, 4.69) is 10.5 Å². The molecule has 1 aromatic rings. The summed E-state index contributed by atoms with van der Waals surface area (Å²) in [5, 5.41) is 3.45. The van der Waals surface area contributed by atoms with Crippen LogP contribution in [-0.4, -0.2) is 25.6 Å². The molecule has 0 spiro atoms.